The third-order valence-corrected chi connectivity index (χ3v) is 3.38. The van der Waals surface area contributed by atoms with Crippen LogP contribution < -0.4 is 5.32 Å². The van der Waals surface area contributed by atoms with Gasteiger partial charge in [0.1, 0.15) is 16.2 Å². The van der Waals surface area contributed by atoms with E-state index in [1.807, 2.05) is 40.0 Å². The minimum atomic E-state index is -0.329. The fourth-order valence-corrected chi connectivity index (χ4v) is 2.19. The third kappa shape index (κ3) is 6.10. The SMILES string of the molecule is C\C=C/C(Nc1nc(Br)cc(N=CCC)c1C)=C(F)\C=C\CC. The van der Waals surface area contributed by atoms with E-state index in [0.717, 1.165) is 24.1 Å². The summed E-state index contributed by atoms with van der Waals surface area (Å²) in [5.41, 5.74) is 2.05. The number of anilines is 1. The number of pyridine rings is 1. The van der Waals surface area contributed by atoms with Crippen molar-refractivity contribution in [3.05, 3.63) is 52.1 Å². The summed E-state index contributed by atoms with van der Waals surface area (Å²) in [6.45, 7) is 7.74. The largest absolute Gasteiger partial charge is 0.338 e. The number of halogens is 2. The van der Waals surface area contributed by atoms with Gasteiger partial charge in [-0.25, -0.2) is 9.37 Å². The van der Waals surface area contributed by atoms with Crippen molar-refractivity contribution in [2.24, 2.45) is 4.99 Å². The molecule has 124 valence electrons. The summed E-state index contributed by atoms with van der Waals surface area (Å²) in [6.07, 6.45) is 10.2. The van der Waals surface area contributed by atoms with Crippen LogP contribution in [0.5, 0.6) is 0 Å². The molecule has 0 fully saturated rings. The van der Waals surface area contributed by atoms with Crippen molar-refractivity contribution >= 4 is 33.6 Å². The molecular weight excluding hydrogens is 357 g/mol. The monoisotopic (exact) mass is 379 g/mol. The fraction of sp³-hybridized carbons (Fsp3) is 0.333. The highest BCUT2D eigenvalue weighted by Gasteiger charge is 2.10. The van der Waals surface area contributed by atoms with E-state index in [1.54, 1.807) is 18.2 Å². The molecule has 1 N–H and O–H groups in total. The number of aromatic nitrogens is 1. The van der Waals surface area contributed by atoms with Gasteiger partial charge in [0.05, 0.1) is 11.4 Å². The molecule has 0 spiro atoms. The summed E-state index contributed by atoms with van der Waals surface area (Å²) in [6, 6.07) is 1.85. The van der Waals surface area contributed by atoms with Crippen LogP contribution in [0.2, 0.25) is 0 Å². The van der Waals surface area contributed by atoms with Crippen LogP contribution in [0.3, 0.4) is 0 Å². The van der Waals surface area contributed by atoms with E-state index in [2.05, 4.69) is 31.2 Å². The van der Waals surface area contributed by atoms with Crippen LogP contribution in [-0.4, -0.2) is 11.2 Å². The lowest BCUT2D eigenvalue weighted by Crippen LogP contribution is -2.03. The van der Waals surface area contributed by atoms with Crippen molar-refractivity contribution < 1.29 is 4.39 Å². The van der Waals surface area contributed by atoms with Crippen LogP contribution in [0.25, 0.3) is 0 Å². The quantitative estimate of drug-likeness (QED) is 0.338. The summed E-state index contributed by atoms with van der Waals surface area (Å²) < 4.78 is 14.9. The van der Waals surface area contributed by atoms with Gasteiger partial charge in [0.2, 0.25) is 0 Å². The Morgan fingerprint density at radius 3 is 2.70 bits per heavy atom. The summed E-state index contributed by atoms with van der Waals surface area (Å²) in [4.78, 5) is 8.82. The number of hydrogen-bond acceptors (Lipinski definition) is 3. The fourth-order valence-electron chi connectivity index (χ4n) is 1.80. The number of aliphatic imine (C=N–C) groups is 1. The predicted octanol–water partition coefficient (Wildman–Crippen LogP) is 6.40. The minimum Gasteiger partial charge on any atom is -0.338 e. The van der Waals surface area contributed by atoms with Crippen molar-refractivity contribution in [1.82, 2.24) is 4.98 Å². The van der Waals surface area contributed by atoms with Crippen molar-refractivity contribution in [1.29, 1.82) is 0 Å². The molecule has 0 aliphatic rings. The van der Waals surface area contributed by atoms with Crippen LogP contribution in [0.4, 0.5) is 15.9 Å². The van der Waals surface area contributed by atoms with E-state index < -0.39 is 0 Å². The maximum atomic E-state index is 14.3. The third-order valence-electron chi connectivity index (χ3n) is 2.97. The smallest absolute Gasteiger partial charge is 0.146 e. The van der Waals surface area contributed by atoms with Gasteiger partial charge in [0, 0.05) is 11.8 Å². The highest BCUT2D eigenvalue weighted by Crippen LogP contribution is 2.29. The molecule has 0 unspecified atom stereocenters. The molecule has 0 aromatic carbocycles. The van der Waals surface area contributed by atoms with Gasteiger partial charge in [0.15, 0.2) is 0 Å². The van der Waals surface area contributed by atoms with Crippen LogP contribution >= 0.6 is 15.9 Å². The summed E-state index contributed by atoms with van der Waals surface area (Å²) in [5, 5.41) is 3.07. The zero-order valence-corrected chi connectivity index (χ0v) is 15.6. The van der Waals surface area contributed by atoms with Crippen molar-refractivity contribution in [3.63, 3.8) is 0 Å². The minimum absolute atomic E-state index is 0.329. The van der Waals surface area contributed by atoms with Gasteiger partial charge in [-0.3, -0.25) is 4.99 Å². The molecule has 0 saturated heterocycles. The van der Waals surface area contributed by atoms with Crippen LogP contribution in [-0.2, 0) is 0 Å². The first kappa shape index (κ1) is 19.3. The molecule has 1 aromatic heterocycles. The number of rotatable bonds is 7. The maximum Gasteiger partial charge on any atom is 0.146 e. The van der Waals surface area contributed by atoms with Crippen molar-refractivity contribution in [3.8, 4) is 0 Å². The zero-order chi connectivity index (χ0) is 17.2. The van der Waals surface area contributed by atoms with E-state index in [0.29, 0.717) is 16.1 Å². The van der Waals surface area contributed by atoms with Gasteiger partial charge in [-0.05, 0) is 60.8 Å². The summed E-state index contributed by atoms with van der Waals surface area (Å²) in [7, 11) is 0. The Morgan fingerprint density at radius 1 is 1.35 bits per heavy atom. The number of nitrogens with zero attached hydrogens (tertiary/aromatic N) is 2. The Hall–Kier alpha value is -1.75. The zero-order valence-electron chi connectivity index (χ0n) is 14.0. The molecule has 0 radical (unpaired) electrons. The second-order valence-corrected chi connectivity index (χ2v) is 5.67. The lowest BCUT2D eigenvalue weighted by Gasteiger charge is -2.12. The van der Waals surface area contributed by atoms with Gasteiger partial charge >= 0.3 is 0 Å². The van der Waals surface area contributed by atoms with E-state index >= 15 is 0 Å². The maximum absolute atomic E-state index is 14.3. The molecule has 1 aromatic rings. The molecule has 0 saturated carbocycles. The standard InChI is InChI=1S/C18H23BrFN3/c1-5-8-10-14(20)15(9-6-2)22-18-13(4)16(21-11-7-3)12-17(19)23-18/h6,8-12H,5,7H2,1-4H3,(H,22,23)/b9-6-,10-8+,15-14-,21-11?. The molecule has 5 heteroatoms. The second kappa shape index (κ2) is 10.1. The average molecular weight is 380 g/mol. The summed E-state index contributed by atoms with van der Waals surface area (Å²) in [5.74, 6) is 0.250. The normalized spacial score (nSPS) is 13.3. The second-order valence-electron chi connectivity index (χ2n) is 4.85. The predicted molar refractivity (Wildman–Crippen MR) is 101 cm³/mol. The molecule has 1 rings (SSSR count). The van der Waals surface area contributed by atoms with Gasteiger partial charge in [-0.15, -0.1) is 0 Å². The van der Waals surface area contributed by atoms with E-state index in [-0.39, 0.29) is 5.83 Å². The Balaban J connectivity index is 3.26. The number of hydrogen-bond donors (Lipinski definition) is 1. The van der Waals surface area contributed by atoms with Crippen molar-refractivity contribution in [2.75, 3.05) is 5.32 Å². The topological polar surface area (TPSA) is 37.3 Å². The molecule has 0 aliphatic heterocycles. The van der Waals surface area contributed by atoms with E-state index in [1.165, 1.54) is 6.08 Å². The molecule has 0 bridgehead atoms. The molecule has 23 heavy (non-hydrogen) atoms. The van der Waals surface area contributed by atoms with Crippen LogP contribution in [0.1, 0.15) is 39.2 Å². The van der Waals surface area contributed by atoms with E-state index in [4.69, 9.17) is 0 Å². The van der Waals surface area contributed by atoms with Gasteiger partial charge in [0.25, 0.3) is 0 Å². The molecular formula is C18H23BrFN3. The average Bonchev–Trinajstić information content (AvgIpc) is 2.53. The molecule has 0 atom stereocenters. The van der Waals surface area contributed by atoms with Crippen LogP contribution in [0.15, 0.2) is 51.5 Å². The number of nitrogens with one attached hydrogen (secondary N) is 1. The highest BCUT2D eigenvalue weighted by molar-refractivity contribution is 9.10. The molecule has 3 nitrogen and oxygen atoms in total. The Kier molecular flexibility index (Phi) is 8.48. The molecule has 0 aliphatic carbocycles. The lowest BCUT2D eigenvalue weighted by atomic mass is 10.2. The first-order chi connectivity index (χ1) is 11.0. The van der Waals surface area contributed by atoms with E-state index in [9.17, 15) is 4.39 Å². The summed E-state index contributed by atoms with van der Waals surface area (Å²) >= 11 is 3.38. The Morgan fingerprint density at radius 2 is 2.09 bits per heavy atom. The van der Waals surface area contributed by atoms with Gasteiger partial charge < -0.3 is 5.32 Å². The first-order valence-corrected chi connectivity index (χ1v) is 8.48. The Bertz CT molecular complexity index is 646. The van der Waals surface area contributed by atoms with Gasteiger partial charge in [-0.2, -0.15) is 0 Å². The van der Waals surface area contributed by atoms with Crippen molar-refractivity contribution in [2.45, 2.75) is 40.5 Å². The molecule has 0 amide bonds. The van der Waals surface area contributed by atoms with Gasteiger partial charge in [-0.1, -0.05) is 26.0 Å². The Labute approximate surface area is 146 Å². The lowest BCUT2D eigenvalue weighted by molar-refractivity contribution is 0.658. The highest BCUT2D eigenvalue weighted by atomic mass is 79.9. The molecule has 1 heterocycles. The first-order valence-electron chi connectivity index (χ1n) is 7.69. The number of allylic oxidation sites excluding steroid dienone is 5. The van der Waals surface area contributed by atoms with Crippen LogP contribution in [0, 0.1) is 6.92 Å².